The third-order valence-electron chi connectivity index (χ3n) is 4.59. The Kier molecular flexibility index (Phi) is 3.77. The molecule has 1 aromatic heterocycles. The van der Waals surface area contributed by atoms with Gasteiger partial charge in [0.1, 0.15) is 0 Å². The lowest BCUT2D eigenvalue weighted by Crippen LogP contribution is -2.26. The molecule has 4 rings (SSSR count). The van der Waals surface area contributed by atoms with Crippen LogP contribution in [0.25, 0.3) is 10.9 Å². The van der Waals surface area contributed by atoms with Crippen molar-refractivity contribution in [2.45, 2.75) is 18.9 Å². The summed E-state index contributed by atoms with van der Waals surface area (Å²) in [6, 6.07) is 17.7. The van der Waals surface area contributed by atoms with Crippen LogP contribution in [0.5, 0.6) is 0 Å². The van der Waals surface area contributed by atoms with E-state index in [9.17, 15) is 0 Å². The molecule has 112 valence electrons. The Hall–Kier alpha value is -1.58. The summed E-state index contributed by atoms with van der Waals surface area (Å²) < 4.78 is 1.13. The predicted octanol–water partition coefficient (Wildman–Crippen LogP) is 5.12. The summed E-state index contributed by atoms with van der Waals surface area (Å²) in [6.07, 6.45) is 4.79. The number of benzene rings is 2. The predicted molar refractivity (Wildman–Crippen MR) is 95.1 cm³/mol. The summed E-state index contributed by atoms with van der Waals surface area (Å²) >= 11 is 3.61. The lowest BCUT2D eigenvalue weighted by molar-refractivity contribution is 0.282. The maximum Gasteiger partial charge on any atom is 0.0622 e. The number of hydrogen-bond acceptors (Lipinski definition) is 1. The Morgan fingerprint density at radius 3 is 2.55 bits per heavy atom. The molecule has 0 aliphatic carbocycles. The van der Waals surface area contributed by atoms with Crippen LogP contribution in [0.1, 0.15) is 30.0 Å². The van der Waals surface area contributed by atoms with Crippen LogP contribution in [0.2, 0.25) is 0 Å². The average molecular weight is 355 g/mol. The van der Waals surface area contributed by atoms with E-state index < -0.39 is 0 Å². The van der Waals surface area contributed by atoms with Crippen LogP contribution < -0.4 is 0 Å². The molecule has 0 saturated carbocycles. The smallest absolute Gasteiger partial charge is 0.0622 e. The van der Waals surface area contributed by atoms with Crippen molar-refractivity contribution < 1.29 is 0 Å². The molecule has 1 fully saturated rings. The first-order valence-corrected chi connectivity index (χ1v) is 8.68. The molecule has 1 N–H and O–H groups in total. The van der Waals surface area contributed by atoms with E-state index in [-0.39, 0.29) is 0 Å². The summed E-state index contributed by atoms with van der Waals surface area (Å²) in [5.74, 6) is 0. The average Bonchev–Trinajstić information content (AvgIpc) is 3.20. The molecule has 22 heavy (non-hydrogen) atoms. The van der Waals surface area contributed by atoms with Gasteiger partial charge in [-0.2, -0.15) is 0 Å². The van der Waals surface area contributed by atoms with Gasteiger partial charge in [0.05, 0.1) is 6.04 Å². The van der Waals surface area contributed by atoms with Crippen LogP contribution in [-0.4, -0.2) is 23.0 Å². The summed E-state index contributed by atoms with van der Waals surface area (Å²) in [4.78, 5) is 6.05. The van der Waals surface area contributed by atoms with Crippen LogP contribution in [0.15, 0.2) is 59.2 Å². The summed E-state index contributed by atoms with van der Waals surface area (Å²) in [5, 5.41) is 1.31. The number of fused-ring (bicyclic) bond motifs is 1. The Balaban J connectivity index is 1.87. The number of H-pyrrole nitrogens is 1. The molecular weight excluding hydrogens is 336 g/mol. The monoisotopic (exact) mass is 354 g/mol. The summed E-state index contributed by atoms with van der Waals surface area (Å²) in [5.41, 5.74) is 3.97. The highest BCUT2D eigenvalue weighted by Crippen LogP contribution is 2.36. The lowest BCUT2D eigenvalue weighted by Gasteiger charge is -2.28. The molecule has 0 amide bonds. The van der Waals surface area contributed by atoms with Gasteiger partial charge in [-0.25, -0.2) is 0 Å². The van der Waals surface area contributed by atoms with Gasteiger partial charge in [0.15, 0.2) is 0 Å². The highest BCUT2D eigenvalue weighted by Gasteiger charge is 2.26. The molecule has 3 aromatic rings. The molecule has 2 nitrogen and oxygen atoms in total. The van der Waals surface area contributed by atoms with Gasteiger partial charge in [0, 0.05) is 21.6 Å². The van der Waals surface area contributed by atoms with E-state index in [4.69, 9.17) is 0 Å². The standard InChI is InChI=1S/C19H19BrN2/c20-15-8-9-18-16(12-15)17(13-21-18)19(22-10-4-5-11-22)14-6-2-1-3-7-14/h1-3,6-9,12-13,19,21H,4-5,10-11H2. The van der Waals surface area contributed by atoms with Gasteiger partial charge < -0.3 is 4.98 Å². The fourth-order valence-electron chi connectivity index (χ4n) is 3.56. The molecule has 1 unspecified atom stereocenters. The fourth-order valence-corrected chi connectivity index (χ4v) is 3.92. The van der Waals surface area contributed by atoms with Crippen molar-refractivity contribution in [2.75, 3.05) is 13.1 Å². The van der Waals surface area contributed by atoms with Crippen LogP contribution >= 0.6 is 15.9 Å². The zero-order valence-corrected chi connectivity index (χ0v) is 14.0. The van der Waals surface area contributed by atoms with Gasteiger partial charge in [-0.1, -0.05) is 46.3 Å². The number of hydrogen-bond donors (Lipinski definition) is 1. The number of aromatic nitrogens is 1. The zero-order chi connectivity index (χ0) is 14.9. The molecule has 1 aliphatic heterocycles. The molecule has 1 atom stereocenters. The van der Waals surface area contributed by atoms with Crippen LogP contribution in [0.4, 0.5) is 0 Å². The minimum Gasteiger partial charge on any atom is -0.361 e. The third-order valence-corrected chi connectivity index (χ3v) is 5.08. The molecule has 2 heterocycles. The second-order valence-corrected chi connectivity index (χ2v) is 6.91. The van der Waals surface area contributed by atoms with Crippen molar-refractivity contribution in [1.29, 1.82) is 0 Å². The van der Waals surface area contributed by atoms with Gasteiger partial charge in [-0.3, -0.25) is 4.90 Å². The van der Waals surface area contributed by atoms with Crippen molar-refractivity contribution >= 4 is 26.8 Å². The van der Waals surface area contributed by atoms with Gasteiger partial charge in [0.25, 0.3) is 0 Å². The number of nitrogens with zero attached hydrogens (tertiary/aromatic N) is 1. The summed E-state index contributed by atoms with van der Waals surface area (Å²) in [6.45, 7) is 2.36. The SMILES string of the molecule is Brc1ccc2[nH]cc(C(c3ccccc3)N3CCCC3)c2c1. The van der Waals surface area contributed by atoms with E-state index in [1.807, 2.05) is 0 Å². The van der Waals surface area contributed by atoms with Crippen LogP contribution in [-0.2, 0) is 0 Å². The fraction of sp³-hybridized carbons (Fsp3) is 0.263. The molecule has 1 saturated heterocycles. The van der Waals surface area contributed by atoms with Gasteiger partial charge in [-0.15, -0.1) is 0 Å². The van der Waals surface area contributed by atoms with Gasteiger partial charge >= 0.3 is 0 Å². The van der Waals surface area contributed by atoms with E-state index in [2.05, 4.69) is 80.5 Å². The van der Waals surface area contributed by atoms with Crippen molar-refractivity contribution in [3.8, 4) is 0 Å². The van der Waals surface area contributed by atoms with Crippen molar-refractivity contribution in [2.24, 2.45) is 0 Å². The lowest BCUT2D eigenvalue weighted by atomic mass is 9.97. The number of rotatable bonds is 3. The second-order valence-electron chi connectivity index (χ2n) is 5.99. The molecule has 3 heteroatoms. The first-order chi connectivity index (χ1) is 10.8. The molecule has 0 bridgehead atoms. The van der Waals surface area contributed by atoms with Crippen molar-refractivity contribution in [3.05, 3.63) is 70.3 Å². The molecule has 0 radical (unpaired) electrons. The molecule has 1 aliphatic rings. The number of aromatic amines is 1. The number of halogens is 1. The largest absolute Gasteiger partial charge is 0.361 e. The Bertz CT molecular complexity index is 772. The van der Waals surface area contributed by atoms with E-state index in [1.165, 1.54) is 48.0 Å². The third kappa shape index (κ3) is 2.49. The minimum absolute atomic E-state index is 0.340. The van der Waals surface area contributed by atoms with Crippen LogP contribution in [0, 0.1) is 0 Å². The maximum absolute atomic E-state index is 3.61. The topological polar surface area (TPSA) is 19.0 Å². The zero-order valence-electron chi connectivity index (χ0n) is 12.4. The first-order valence-electron chi connectivity index (χ1n) is 7.88. The summed E-state index contributed by atoms with van der Waals surface area (Å²) in [7, 11) is 0. The minimum atomic E-state index is 0.340. The normalized spacial score (nSPS) is 17.1. The van der Waals surface area contributed by atoms with E-state index >= 15 is 0 Å². The molecular formula is C19H19BrN2. The maximum atomic E-state index is 3.61. The van der Waals surface area contributed by atoms with E-state index in [0.29, 0.717) is 6.04 Å². The van der Waals surface area contributed by atoms with Crippen molar-refractivity contribution in [1.82, 2.24) is 9.88 Å². The highest BCUT2D eigenvalue weighted by atomic mass is 79.9. The van der Waals surface area contributed by atoms with Gasteiger partial charge in [0.2, 0.25) is 0 Å². The van der Waals surface area contributed by atoms with E-state index in [1.54, 1.807) is 0 Å². The van der Waals surface area contributed by atoms with Crippen LogP contribution in [0.3, 0.4) is 0 Å². The Labute approximate surface area is 139 Å². The number of nitrogens with one attached hydrogen (secondary N) is 1. The second kappa shape index (κ2) is 5.90. The highest BCUT2D eigenvalue weighted by molar-refractivity contribution is 9.10. The number of likely N-dealkylation sites (tertiary alicyclic amines) is 1. The van der Waals surface area contributed by atoms with Crippen molar-refractivity contribution in [3.63, 3.8) is 0 Å². The molecule has 0 spiro atoms. The van der Waals surface area contributed by atoms with E-state index in [0.717, 1.165) is 4.47 Å². The quantitative estimate of drug-likeness (QED) is 0.691. The first kappa shape index (κ1) is 14.0. The Morgan fingerprint density at radius 1 is 1.00 bits per heavy atom. The molecule has 2 aromatic carbocycles. The van der Waals surface area contributed by atoms with Gasteiger partial charge in [-0.05, 0) is 55.3 Å². The Morgan fingerprint density at radius 2 is 1.77 bits per heavy atom.